The second kappa shape index (κ2) is 8.28. The van der Waals surface area contributed by atoms with E-state index in [-0.39, 0.29) is 17.8 Å². The Labute approximate surface area is 166 Å². The van der Waals surface area contributed by atoms with Crippen LogP contribution in [0.25, 0.3) is 0 Å². The van der Waals surface area contributed by atoms with E-state index < -0.39 is 0 Å². The first kappa shape index (κ1) is 19.0. The van der Waals surface area contributed by atoms with Crippen LogP contribution in [0.1, 0.15) is 19.4 Å². The summed E-state index contributed by atoms with van der Waals surface area (Å²) in [4.78, 5) is 0. The van der Waals surface area contributed by atoms with E-state index in [2.05, 4.69) is 15.0 Å². The molecule has 8 heteroatoms. The average Bonchev–Trinajstić information content (AvgIpc) is 2.98. The number of anilines is 2. The Balaban J connectivity index is 1.72. The van der Waals surface area contributed by atoms with E-state index in [0.717, 1.165) is 17.2 Å². The molecule has 1 aromatic heterocycles. The zero-order chi connectivity index (χ0) is 19.4. The first-order valence-electron chi connectivity index (χ1n) is 8.27. The minimum Gasteiger partial charge on any atom is -0.492 e. The van der Waals surface area contributed by atoms with E-state index in [1.807, 2.05) is 38.1 Å². The van der Waals surface area contributed by atoms with Crippen LogP contribution in [-0.2, 0) is 0 Å². The Hall–Kier alpha value is -2.77. The molecule has 0 saturated carbocycles. The third-order valence-corrected chi connectivity index (χ3v) is 4.52. The van der Waals surface area contributed by atoms with Crippen LogP contribution in [0.4, 0.5) is 10.7 Å². The van der Waals surface area contributed by atoms with Gasteiger partial charge in [-0.05, 0) is 73.9 Å². The summed E-state index contributed by atoms with van der Waals surface area (Å²) < 4.78 is 9.71. The van der Waals surface area contributed by atoms with Crippen molar-refractivity contribution in [1.82, 2.24) is 9.69 Å². The van der Waals surface area contributed by atoms with E-state index in [0.29, 0.717) is 27.1 Å². The second-order valence-corrected chi connectivity index (χ2v) is 7.30. The van der Waals surface area contributed by atoms with Crippen molar-refractivity contribution in [3.05, 3.63) is 59.1 Å². The van der Waals surface area contributed by atoms with Crippen LogP contribution in [0.15, 0.2) is 48.5 Å². The summed E-state index contributed by atoms with van der Waals surface area (Å²) >= 11 is 6.97. The lowest BCUT2D eigenvalue weighted by molar-refractivity contribution is 0.458. The fourth-order valence-corrected chi connectivity index (χ4v) is 3.17. The Morgan fingerprint density at radius 3 is 2.30 bits per heavy atom. The molecule has 0 aliphatic heterocycles. The Bertz CT molecular complexity index is 924. The zero-order valence-electron chi connectivity index (χ0n) is 14.8. The van der Waals surface area contributed by atoms with Gasteiger partial charge in [0.15, 0.2) is 0 Å². The fourth-order valence-electron chi connectivity index (χ4n) is 2.33. The van der Waals surface area contributed by atoms with Crippen LogP contribution in [0.5, 0.6) is 17.4 Å². The minimum atomic E-state index is -0.164. The molecule has 3 aromatic rings. The van der Waals surface area contributed by atoms with Crippen LogP contribution in [-0.4, -0.2) is 21.4 Å². The molecule has 0 aliphatic carbocycles. The van der Waals surface area contributed by atoms with Crippen molar-refractivity contribution in [3.63, 3.8) is 0 Å². The van der Waals surface area contributed by atoms with Crippen LogP contribution in [0.2, 0.25) is 5.02 Å². The topological polar surface area (TPSA) is 90.3 Å². The number of amidine groups is 1. The molecule has 0 spiro atoms. The quantitative estimate of drug-likeness (QED) is 0.329. The molecule has 0 bridgehead atoms. The number of rotatable bonds is 6. The number of hydrogen-bond donors (Lipinski definition) is 4. The van der Waals surface area contributed by atoms with Gasteiger partial charge in [0.05, 0.1) is 0 Å². The normalized spacial score (nSPS) is 10.7. The van der Waals surface area contributed by atoms with E-state index in [1.54, 1.807) is 24.3 Å². The van der Waals surface area contributed by atoms with Crippen LogP contribution >= 0.6 is 23.1 Å². The van der Waals surface area contributed by atoms with Gasteiger partial charge in [-0.1, -0.05) is 11.6 Å². The number of nitrogens with zero attached hydrogens (tertiary/aromatic N) is 1. The lowest BCUT2D eigenvalue weighted by Gasteiger charge is -2.12. The molecule has 0 unspecified atom stereocenters. The highest BCUT2D eigenvalue weighted by atomic mass is 35.5. The highest BCUT2D eigenvalue weighted by Crippen LogP contribution is 2.33. The van der Waals surface area contributed by atoms with Crippen molar-refractivity contribution in [2.24, 2.45) is 0 Å². The molecular weight excluding hydrogens is 384 g/mol. The third kappa shape index (κ3) is 4.90. The Morgan fingerprint density at radius 2 is 1.70 bits per heavy atom. The summed E-state index contributed by atoms with van der Waals surface area (Å²) in [6.07, 6.45) is 0. The number of aromatic nitrogens is 1. The largest absolute Gasteiger partial charge is 0.492 e. The molecule has 0 radical (unpaired) electrons. The molecule has 0 atom stereocenters. The first-order chi connectivity index (χ1) is 12.9. The molecule has 1 heterocycles. The average molecular weight is 403 g/mol. The molecule has 0 aliphatic rings. The van der Waals surface area contributed by atoms with Gasteiger partial charge in [0.25, 0.3) is 0 Å². The summed E-state index contributed by atoms with van der Waals surface area (Å²) in [5.74, 6) is 1.34. The van der Waals surface area contributed by atoms with Crippen molar-refractivity contribution in [1.29, 1.82) is 5.41 Å². The fraction of sp³-hybridized carbons (Fsp3) is 0.158. The van der Waals surface area contributed by atoms with E-state index >= 15 is 0 Å². The molecule has 6 nitrogen and oxygen atoms in total. The molecule has 3 rings (SSSR count). The van der Waals surface area contributed by atoms with Crippen molar-refractivity contribution < 1.29 is 9.84 Å². The number of aromatic hydroxyl groups is 1. The van der Waals surface area contributed by atoms with Crippen molar-refractivity contribution in [2.45, 2.75) is 19.9 Å². The maximum absolute atomic E-state index is 9.97. The van der Waals surface area contributed by atoms with Crippen molar-refractivity contribution >= 4 is 39.7 Å². The highest BCUT2D eigenvalue weighted by Gasteiger charge is 2.18. The van der Waals surface area contributed by atoms with E-state index in [9.17, 15) is 5.11 Å². The number of ether oxygens (including phenoxy) is 1. The number of benzene rings is 2. The van der Waals surface area contributed by atoms with Gasteiger partial charge in [0.1, 0.15) is 27.9 Å². The van der Waals surface area contributed by atoms with E-state index in [1.165, 1.54) is 0 Å². The van der Waals surface area contributed by atoms with Crippen LogP contribution in [0.3, 0.4) is 0 Å². The summed E-state index contributed by atoms with van der Waals surface area (Å²) in [7, 11) is 0. The van der Waals surface area contributed by atoms with Gasteiger partial charge in [-0.3, -0.25) is 5.41 Å². The summed E-state index contributed by atoms with van der Waals surface area (Å²) in [5.41, 5.74) is 1.15. The maximum Gasteiger partial charge on any atom is 0.236 e. The highest BCUT2D eigenvalue weighted by molar-refractivity contribution is 7.11. The molecule has 140 valence electrons. The number of nitrogens with one attached hydrogen (secondary N) is 3. The maximum atomic E-state index is 9.97. The summed E-state index contributed by atoms with van der Waals surface area (Å²) in [5, 5.41) is 25.5. The molecule has 0 fully saturated rings. The Kier molecular flexibility index (Phi) is 5.83. The van der Waals surface area contributed by atoms with Crippen LogP contribution < -0.4 is 15.4 Å². The molecule has 4 N–H and O–H groups in total. The monoisotopic (exact) mass is 402 g/mol. The number of halogens is 1. The Morgan fingerprint density at radius 1 is 1.11 bits per heavy atom. The van der Waals surface area contributed by atoms with Gasteiger partial charge in [-0.25, -0.2) is 0 Å². The lowest BCUT2D eigenvalue weighted by Crippen LogP contribution is -2.30. The van der Waals surface area contributed by atoms with E-state index in [4.69, 9.17) is 21.7 Å². The third-order valence-electron chi connectivity index (χ3n) is 3.52. The van der Waals surface area contributed by atoms with Gasteiger partial charge >= 0.3 is 0 Å². The smallest absolute Gasteiger partial charge is 0.236 e. The van der Waals surface area contributed by atoms with Gasteiger partial charge in [-0.15, -0.1) is 0 Å². The molecule has 27 heavy (non-hydrogen) atoms. The second-order valence-electron chi connectivity index (χ2n) is 6.09. The van der Waals surface area contributed by atoms with Gasteiger partial charge in [0.2, 0.25) is 5.88 Å². The van der Waals surface area contributed by atoms with Gasteiger partial charge in [-0.2, -0.15) is 4.37 Å². The lowest BCUT2D eigenvalue weighted by atomic mass is 10.2. The predicted octanol–water partition coefficient (Wildman–Crippen LogP) is 5.36. The first-order valence-corrected chi connectivity index (χ1v) is 9.42. The van der Waals surface area contributed by atoms with Crippen molar-refractivity contribution in [2.75, 3.05) is 5.32 Å². The molecular formula is C19H19ClN4O2S. The molecule has 0 saturated heterocycles. The van der Waals surface area contributed by atoms with Gasteiger partial charge in [0, 0.05) is 16.8 Å². The minimum absolute atomic E-state index is 0.0777. The van der Waals surface area contributed by atoms with Crippen LogP contribution in [0, 0.1) is 5.41 Å². The standard InChI is InChI=1S/C19H19ClN4O2S/c1-11(2)22-17(21)16-18(25)24-27-19(16)23-13-5-9-15(10-6-13)26-14-7-3-12(20)4-8-14/h3-11,23H,1-2H3,(H2,21,22)(H,24,25). The summed E-state index contributed by atoms with van der Waals surface area (Å²) in [6, 6.07) is 14.6. The summed E-state index contributed by atoms with van der Waals surface area (Å²) in [6.45, 7) is 3.86. The number of hydrogen-bond acceptors (Lipinski definition) is 6. The zero-order valence-corrected chi connectivity index (χ0v) is 16.4. The van der Waals surface area contributed by atoms with Gasteiger partial charge < -0.3 is 20.5 Å². The van der Waals surface area contributed by atoms with Crippen molar-refractivity contribution in [3.8, 4) is 17.4 Å². The molecule has 0 amide bonds. The molecule has 2 aromatic carbocycles. The SMILES string of the molecule is CC(C)NC(=N)c1c(O)nsc1Nc1ccc(Oc2ccc(Cl)cc2)cc1. The predicted molar refractivity (Wildman–Crippen MR) is 110 cm³/mol.